The van der Waals surface area contributed by atoms with Crippen LogP contribution in [-0.2, 0) is 33.3 Å². The van der Waals surface area contributed by atoms with Crippen LogP contribution < -0.4 is 0 Å². The van der Waals surface area contributed by atoms with E-state index in [-0.39, 0.29) is 35.6 Å². The molecule has 0 spiro atoms. The molecule has 0 aromatic carbocycles. The van der Waals surface area contributed by atoms with Gasteiger partial charge in [-0.2, -0.15) is 9.78 Å². The first-order chi connectivity index (χ1) is 15.3. The zero-order valence-electron chi connectivity index (χ0n) is 18.8. The van der Waals surface area contributed by atoms with E-state index in [1.807, 2.05) is 6.08 Å². The van der Waals surface area contributed by atoms with E-state index >= 15 is 0 Å². The zero-order chi connectivity index (χ0) is 23.5. The van der Waals surface area contributed by atoms with Gasteiger partial charge in [0.2, 0.25) is 5.79 Å². The molecule has 11 heteroatoms. The number of thiocarbonyl (C=S) groups is 1. The van der Waals surface area contributed by atoms with Crippen LogP contribution >= 0.6 is 12.2 Å². The number of esters is 2. The topological polar surface area (TPSA) is 111 Å². The van der Waals surface area contributed by atoms with Crippen LogP contribution in [0.4, 0.5) is 0 Å². The van der Waals surface area contributed by atoms with Crippen LogP contribution in [0.3, 0.4) is 0 Å². The number of fused-ring (bicyclic) bond motifs is 2. The fourth-order valence-electron chi connectivity index (χ4n) is 4.63. The van der Waals surface area contributed by atoms with Crippen LogP contribution in [0.2, 0.25) is 0 Å². The van der Waals surface area contributed by atoms with Crippen molar-refractivity contribution in [3.05, 3.63) is 24.3 Å². The maximum atomic E-state index is 12.9. The summed E-state index contributed by atoms with van der Waals surface area (Å²) in [6.45, 7) is 3.61. The maximum Gasteiger partial charge on any atom is 0.309 e. The number of nitrogens with zero attached hydrogens (tertiary/aromatic N) is 3. The Morgan fingerprint density at radius 2 is 2.00 bits per heavy atom. The van der Waals surface area contributed by atoms with Crippen LogP contribution in [0, 0.1) is 17.8 Å². The van der Waals surface area contributed by atoms with E-state index in [2.05, 4.69) is 10.1 Å². The van der Waals surface area contributed by atoms with Gasteiger partial charge >= 0.3 is 11.9 Å². The average Bonchev–Trinajstić information content (AvgIpc) is 3.32. The predicted molar refractivity (Wildman–Crippen MR) is 115 cm³/mol. The lowest BCUT2D eigenvalue weighted by atomic mass is 9.60. The Hall–Kier alpha value is -2.37. The quantitative estimate of drug-likeness (QED) is 0.243. The number of aromatic nitrogens is 3. The lowest BCUT2D eigenvalue weighted by molar-refractivity contribution is -0.308. The Morgan fingerprint density at radius 3 is 2.56 bits per heavy atom. The summed E-state index contributed by atoms with van der Waals surface area (Å²) < 4.78 is 29.6. The molecule has 3 aliphatic carbocycles. The first-order valence-corrected chi connectivity index (χ1v) is 10.8. The molecule has 0 radical (unpaired) electrons. The van der Waals surface area contributed by atoms with Gasteiger partial charge in [0.15, 0.2) is 6.10 Å². The Kier molecular flexibility index (Phi) is 7.63. The number of methoxy groups -OCH3 is 3. The SMILES string of the molecule is COC(=O)CCC1=CC2C(C(=O)OC(C)C)CC1C(OC)(OC)C2OC(=S)n1cncn1. The molecule has 0 aliphatic heterocycles. The Morgan fingerprint density at radius 1 is 1.28 bits per heavy atom. The first kappa shape index (κ1) is 24.3. The van der Waals surface area contributed by atoms with Gasteiger partial charge in [0, 0.05) is 32.5 Å². The normalized spacial score (nSPS) is 25.9. The largest absolute Gasteiger partial charge is 0.469 e. The van der Waals surface area contributed by atoms with Crippen molar-refractivity contribution in [1.29, 1.82) is 0 Å². The molecule has 1 aromatic heterocycles. The monoisotopic (exact) mass is 467 g/mol. The zero-order valence-corrected chi connectivity index (χ0v) is 19.7. The van der Waals surface area contributed by atoms with Crippen molar-refractivity contribution in [2.24, 2.45) is 17.8 Å². The van der Waals surface area contributed by atoms with Crippen molar-refractivity contribution >= 4 is 29.3 Å². The fourth-order valence-corrected chi connectivity index (χ4v) is 4.83. The summed E-state index contributed by atoms with van der Waals surface area (Å²) in [5.41, 5.74) is 0.948. The second-order valence-corrected chi connectivity index (χ2v) is 8.40. The van der Waals surface area contributed by atoms with Gasteiger partial charge in [-0.05, 0) is 38.9 Å². The molecule has 1 aromatic rings. The molecule has 1 saturated carbocycles. The summed E-state index contributed by atoms with van der Waals surface area (Å²) in [6, 6.07) is 0. The lowest BCUT2D eigenvalue weighted by Crippen LogP contribution is -2.65. The van der Waals surface area contributed by atoms with Crippen molar-refractivity contribution < 1.29 is 33.3 Å². The van der Waals surface area contributed by atoms with E-state index in [0.29, 0.717) is 12.8 Å². The minimum atomic E-state index is -1.22. The number of hydrogen-bond donors (Lipinski definition) is 0. The maximum absolute atomic E-state index is 12.9. The van der Waals surface area contributed by atoms with Crippen LogP contribution in [0.1, 0.15) is 33.1 Å². The molecule has 1 heterocycles. The van der Waals surface area contributed by atoms with Gasteiger partial charge in [0.25, 0.3) is 5.17 Å². The molecule has 0 saturated heterocycles. The summed E-state index contributed by atoms with van der Waals surface area (Å²) in [7, 11) is 4.40. The average molecular weight is 468 g/mol. The van der Waals surface area contributed by atoms with Crippen LogP contribution in [-0.4, -0.2) is 71.2 Å². The van der Waals surface area contributed by atoms with Gasteiger partial charge in [-0.1, -0.05) is 11.6 Å². The third-order valence-corrected chi connectivity index (χ3v) is 6.30. The van der Waals surface area contributed by atoms with Crippen molar-refractivity contribution in [1.82, 2.24) is 14.8 Å². The number of carbonyl (C=O) groups excluding carboxylic acids is 2. The van der Waals surface area contributed by atoms with Gasteiger partial charge in [0.1, 0.15) is 12.7 Å². The molecule has 2 bridgehead atoms. The minimum Gasteiger partial charge on any atom is -0.469 e. The molecule has 0 amide bonds. The Labute approximate surface area is 192 Å². The third-order valence-electron chi connectivity index (χ3n) is 6.01. The van der Waals surface area contributed by atoms with Crippen molar-refractivity contribution in [3.8, 4) is 0 Å². The molecular weight excluding hydrogens is 438 g/mol. The fraction of sp³-hybridized carbons (Fsp3) is 0.667. The van der Waals surface area contributed by atoms with E-state index < -0.39 is 23.7 Å². The molecule has 4 rings (SSSR count). The van der Waals surface area contributed by atoms with Gasteiger partial charge in [-0.15, -0.1) is 0 Å². The highest BCUT2D eigenvalue weighted by molar-refractivity contribution is 7.80. The smallest absolute Gasteiger partial charge is 0.309 e. The van der Waals surface area contributed by atoms with Gasteiger partial charge < -0.3 is 23.7 Å². The van der Waals surface area contributed by atoms with Crippen LogP contribution in [0.25, 0.3) is 0 Å². The summed E-state index contributed by atoms with van der Waals surface area (Å²) in [5.74, 6) is -3.15. The Bertz CT molecular complexity index is 867. The highest BCUT2D eigenvalue weighted by atomic mass is 32.1. The van der Waals surface area contributed by atoms with E-state index in [1.54, 1.807) is 13.8 Å². The first-order valence-electron chi connectivity index (χ1n) is 10.4. The molecule has 32 heavy (non-hydrogen) atoms. The van der Waals surface area contributed by atoms with Crippen LogP contribution in [0.5, 0.6) is 0 Å². The highest BCUT2D eigenvalue weighted by Crippen LogP contribution is 2.54. The standard InChI is InChI=1S/C21H29N3O7S/c1-12(2)30-19(26)15-9-16-13(6-7-17(25)27-3)8-14(15)18(21(16,28-4)29-5)31-20(32)24-11-22-10-23-24/h8,10-12,14-16,18H,6-7,9H2,1-5H3. The third kappa shape index (κ3) is 4.55. The Balaban J connectivity index is 1.98. The van der Waals surface area contributed by atoms with E-state index in [4.69, 9.17) is 35.9 Å². The van der Waals surface area contributed by atoms with Crippen LogP contribution in [0.15, 0.2) is 24.3 Å². The van der Waals surface area contributed by atoms with Gasteiger partial charge in [-0.25, -0.2) is 4.98 Å². The summed E-state index contributed by atoms with van der Waals surface area (Å²) in [5, 5.41) is 4.06. The van der Waals surface area contributed by atoms with Crippen molar-refractivity contribution in [2.45, 2.75) is 51.1 Å². The van der Waals surface area contributed by atoms with E-state index in [0.717, 1.165) is 5.57 Å². The van der Waals surface area contributed by atoms with E-state index in [9.17, 15) is 9.59 Å². The molecular formula is C21H29N3O7S. The summed E-state index contributed by atoms with van der Waals surface area (Å²) in [6.07, 6.45) is 4.82. The van der Waals surface area contributed by atoms with Crippen molar-refractivity contribution in [2.75, 3.05) is 21.3 Å². The number of ether oxygens (including phenoxy) is 5. The molecule has 1 fully saturated rings. The number of carbonyl (C=O) groups is 2. The highest BCUT2D eigenvalue weighted by Gasteiger charge is 2.63. The molecule has 0 N–H and O–H groups in total. The van der Waals surface area contributed by atoms with E-state index in [1.165, 1.54) is 38.7 Å². The minimum absolute atomic E-state index is 0.0546. The van der Waals surface area contributed by atoms with Gasteiger partial charge in [-0.3, -0.25) is 9.59 Å². The second-order valence-electron chi connectivity index (χ2n) is 8.05. The van der Waals surface area contributed by atoms with Crippen molar-refractivity contribution in [3.63, 3.8) is 0 Å². The molecule has 176 valence electrons. The number of rotatable bonds is 8. The van der Waals surface area contributed by atoms with Gasteiger partial charge in [0.05, 0.1) is 19.1 Å². The molecule has 4 atom stereocenters. The number of hydrogen-bond acceptors (Lipinski definition) is 10. The second kappa shape index (κ2) is 10.1. The summed E-state index contributed by atoms with van der Waals surface area (Å²) >= 11 is 5.40. The molecule has 3 aliphatic rings. The molecule has 4 unspecified atom stereocenters. The summed E-state index contributed by atoms with van der Waals surface area (Å²) in [4.78, 5) is 28.6. The predicted octanol–water partition coefficient (Wildman–Crippen LogP) is 1.88. The molecule has 10 nitrogen and oxygen atoms in total. The lowest BCUT2D eigenvalue weighted by Gasteiger charge is -2.55.